The number of ether oxygens (including phenoxy) is 1. The molecular weight excluding hydrogens is 228 g/mol. The van der Waals surface area contributed by atoms with Crippen LogP contribution in [0.4, 0.5) is 4.79 Å². The molecule has 0 spiro atoms. The predicted molar refractivity (Wildman–Crippen MR) is 71.2 cm³/mol. The van der Waals surface area contributed by atoms with E-state index in [1.54, 1.807) is 0 Å². The molecule has 2 fully saturated rings. The minimum absolute atomic E-state index is 0.274. The Hall–Kier alpha value is -0.770. The van der Waals surface area contributed by atoms with Crippen molar-refractivity contribution in [2.45, 2.75) is 70.6 Å². The summed E-state index contributed by atoms with van der Waals surface area (Å²) in [6.07, 6.45) is 5.36. The normalized spacial score (nSPS) is 36.0. The Bertz CT molecular complexity index is 293. The number of amides is 1. The minimum Gasteiger partial charge on any atom is -0.444 e. The Morgan fingerprint density at radius 2 is 1.67 bits per heavy atom. The summed E-state index contributed by atoms with van der Waals surface area (Å²) in [5.74, 6) is 1.37. The van der Waals surface area contributed by atoms with E-state index in [-0.39, 0.29) is 12.1 Å². The second kappa shape index (κ2) is 5.08. The zero-order valence-electron chi connectivity index (χ0n) is 11.7. The predicted octanol–water partition coefficient (Wildman–Crippen LogP) is 2.42. The zero-order chi connectivity index (χ0) is 13.3. The smallest absolute Gasteiger partial charge is 0.407 e. The molecule has 2 aliphatic rings. The second-order valence-electron chi connectivity index (χ2n) is 7.01. The van der Waals surface area contributed by atoms with Crippen LogP contribution in [0.3, 0.4) is 0 Å². The molecule has 0 radical (unpaired) electrons. The lowest BCUT2D eigenvalue weighted by Crippen LogP contribution is -2.47. The highest BCUT2D eigenvalue weighted by Gasteiger charge is 2.35. The van der Waals surface area contributed by atoms with E-state index in [0.29, 0.717) is 17.9 Å². The molecule has 2 unspecified atom stereocenters. The van der Waals surface area contributed by atoms with E-state index in [1.165, 1.54) is 6.42 Å². The van der Waals surface area contributed by atoms with E-state index in [0.717, 1.165) is 25.7 Å². The van der Waals surface area contributed by atoms with E-state index in [1.807, 2.05) is 20.8 Å². The number of fused-ring (bicyclic) bond motifs is 2. The summed E-state index contributed by atoms with van der Waals surface area (Å²) in [6, 6.07) is 0.646. The van der Waals surface area contributed by atoms with Crippen molar-refractivity contribution in [2.75, 3.05) is 0 Å². The molecule has 4 nitrogen and oxygen atoms in total. The molecule has 2 saturated carbocycles. The first kappa shape index (κ1) is 13.7. The van der Waals surface area contributed by atoms with Crippen molar-refractivity contribution in [3.05, 3.63) is 0 Å². The molecule has 2 atom stereocenters. The highest BCUT2D eigenvalue weighted by atomic mass is 16.6. The first-order valence-corrected chi connectivity index (χ1v) is 7.07. The fourth-order valence-electron chi connectivity index (χ4n) is 3.49. The average molecular weight is 254 g/mol. The van der Waals surface area contributed by atoms with E-state index in [4.69, 9.17) is 10.5 Å². The Morgan fingerprint density at radius 3 is 2.17 bits per heavy atom. The van der Waals surface area contributed by atoms with Gasteiger partial charge >= 0.3 is 6.09 Å². The summed E-state index contributed by atoms with van der Waals surface area (Å²) >= 11 is 0. The fraction of sp³-hybridized carbons (Fsp3) is 0.929. The van der Waals surface area contributed by atoms with Crippen LogP contribution in [0, 0.1) is 11.8 Å². The van der Waals surface area contributed by atoms with Crippen molar-refractivity contribution < 1.29 is 9.53 Å². The van der Waals surface area contributed by atoms with Gasteiger partial charge in [0.05, 0.1) is 0 Å². The molecule has 0 aliphatic heterocycles. The molecular formula is C14H26N2O2. The number of carbonyl (C=O) groups is 1. The van der Waals surface area contributed by atoms with E-state index >= 15 is 0 Å². The van der Waals surface area contributed by atoms with Crippen LogP contribution in [0.2, 0.25) is 0 Å². The summed E-state index contributed by atoms with van der Waals surface area (Å²) in [4.78, 5) is 11.8. The van der Waals surface area contributed by atoms with Crippen molar-refractivity contribution in [1.29, 1.82) is 0 Å². The Balaban J connectivity index is 1.83. The van der Waals surface area contributed by atoms with Crippen LogP contribution < -0.4 is 11.1 Å². The number of nitrogens with one attached hydrogen (secondary N) is 1. The van der Waals surface area contributed by atoms with E-state index in [9.17, 15) is 4.79 Å². The lowest BCUT2D eigenvalue weighted by atomic mass is 9.69. The molecule has 2 aliphatic carbocycles. The van der Waals surface area contributed by atoms with Crippen LogP contribution >= 0.6 is 0 Å². The lowest BCUT2D eigenvalue weighted by Gasteiger charge is -2.41. The van der Waals surface area contributed by atoms with Gasteiger partial charge in [0, 0.05) is 12.1 Å². The summed E-state index contributed by atoms with van der Waals surface area (Å²) < 4.78 is 5.31. The highest BCUT2D eigenvalue weighted by molar-refractivity contribution is 5.68. The monoisotopic (exact) mass is 254 g/mol. The average Bonchev–Trinajstić information content (AvgIpc) is 2.10. The van der Waals surface area contributed by atoms with Crippen LogP contribution in [0.1, 0.15) is 52.9 Å². The molecule has 3 N–H and O–H groups in total. The van der Waals surface area contributed by atoms with Gasteiger partial charge in [0.15, 0.2) is 0 Å². The number of rotatable bonds is 1. The number of hydrogen-bond donors (Lipinski definition) is 2. The van der Waals surface area contributed by atoms with Crippen LogP contribution in [0.15, 0.2) is 0 Å². The third kappa shape index (κ3) is 3.87. The second-order valence-corrected chi connectivity index (χ2v) is 7.01. The van der Waals surface area contributed by atoms with Crippen molar-refractivity contribution in [3.63, 3.8) is 0 Å². The number of carbonyl (C=O) groups excluding carboxylic acids is 1. The molecule has 2 rings (SSSR count). The summed E-state index contributed by atoms with van der Waals surface area (Å²) in [7, 11) is 0. The molecule has 4 heteroatoms. The highest BCUT2D eigenvalue weighted by Crippen LogP contribution is 2.39. The molecule has 0 heterocycles. The summed E-state index contributed by atoms with van der Waals surface area (Å²) in [6.45, 7) is 5.67. The van der Waals surface area contributed by atoms with Crippen molar-refractivity contribution in [1.82, 2.24) is 5.32 Å². The van der Waals surface area contributed by atoms with E-state index in [2.05, 4.69) is 5.32 Å². The van der Waals surface area contributed by atoms with Crippen LogP contribution in [-0.4, -0.2) is 23.8 Å². The van der Waals surface area contributed by atoms with Crippen molar-refractivity contribution in [3.8, 4) is 0 Å². The molecule has 1 amide bonds. The van der Waals surface area contributed by atoms with Crippen LogP contribution in [0.5, 0.6) is 0 Å². The SMILES string of the molecule is CC(C)(C)OC(=O)NC1CC2CC(N)CC(C2)C1. The first-order chi connectivity index (χ1) is 8.32. The zero-order valence-corrected chi connectivity index (χ0v) is 11.7. The summed E-state index contributed by atoms with van der Waals surface area (Å²) in [5, 5.41) is 3.02. The quantitative estimate of drug-likeness (QED) is 0.755. The van der Waals surface area contributed by atoms with Gasteiger partial charge in [-0.15, -0.1) is 0 Å². The molecule has 18 heavy (non-hydrogen) atoms. The maximum absolute atomic E-state index is 11.8. The maximum Gasteiger partial charge on any atom is 0.407 e. The molecule has 0 aromatic heterocycles. The number of nitrogens with two attached hydrogens (primary N) is 1. The largest absolute Gasteiger partial charge is 0.444 e. The molecule has 0 aromatic rings. The van der Waals surface area contributed by atoms with Gasteiger partial charge in [-0.2, -0.15) is 0 Å². The lowest BCUT2D eigenvalue weighted by molar-refractivity contribution is 0.0449. The fourth-order valence-corrected chi connectivity index (χ4v) is 3.49. The topological polar surface area (TPSA) is 64.3 Å². The first-order valence-electron chi connectivity index (χ1n) is 7.07. The molecule has 2 bridgehead atoms. The molecule has 0 aromatic carbocycles. The number of alkyl carbamates (subject to hydrolysis) is 1. The Kier molecular flexibility index (Phi) is 3.85. The Labute approximate surface area is 110 Å². The van der Waals surface area contributed by atoms with Crippen molar-refractivity contribution in [2.24, 2.45) is 17.6 Å². The molecule has 0 saturated heterocycles. The summed E-state index contributed by atoms with van der Waals surface area (Å²) in [5.41, 5.74) is 5.62. The van der Waals surface area contributed by atoms with Gasteiger partial charge in [0.2, 0.25) is 0 Å². The van der Waals surface area contributed by atoms with E-state index < -0.39 is 5.60 Å². The van der Waals surface area contributed by atoms with Gasteiger partial charge in [0.25, 0.3) is 0 Å². The maximum atomic E-state index is 11.8. The van der Waals surface area contributed by atoms with Gasteiger partial charge in [0.1, 0.15) is 5.60 Å². The van der Waals surface area contributed by atoms with Gasteiger partial charge in [-0.25, -0.2) is 4.79 Å². The standard InChI is InChI=1S/C14H26N2O2/c1-14(2,3)18-13(17)16-12-7-9-4-10(8-12)6-11(15)5-9/h9-12H,4-8,15H2,1-3H3,(H,16,17). The van der Waals surface area contributed by atoms with Crippen LogP contribution in [-0.2, 0) is 4.74 Å². The van der Waals surface area contributed by atoms with Gasteiger partial charge in [-0.05, 0) is 64.7 Å². The third-order valence-electron chi connectivity index (χ3n) is 3.90. The van der Waals surface area contributed by atoms with Gasteiger partial charge < -0.3 is 15.8 Å². The minimum atomic E-state index is -0.420. The number of hydrogen-bond acceptors (Lipinski definition) is 3. The molecule has 104 valence electrons. The van der Waals surface area contributed by atoms with Gasteiger partial charge in [-0.3, -0.25) is 0 Å². The van der Waals surface area contributed by atoms with Gasteiger partial charge in [-0.1, -0.05) is 0 Å². The van der Waals surface area contributed by atoms with Crippen LogP contribution in [0.25, 0.3) is 0 Å². The Morgan fingerprint density at radius 1 is 1.11 bits per heavy atom. The van der Waals surface area contributed by atoms with Crippen molar-refractivity contribution >= 4 is 6.09 Å². The third-order valence-corrected chi connectivity index (χ3v) is 3.90.